The first-order valence-corrected chi connectivity index (χ1v) is 14.7. The lowest BCUT2D eigenvalue weighted by atomic mass is 9.76. The van der Waals surface area contributed by atoms with Crippen molar-refractivity contribution in [1.82, 2.24) is 14.7 Å². The summed E-state index contributed by atoms with van der Waals surface area (Å²) in [6, 6.07) is 15.7. The van der Waals surface area contributed by atoms with Gasteiger partial charge in [0.2, 0.25) is 11.8 Å². The van der Waals surface area contributed by atoms with Crippen molar-refractivity contribution in [2.45, 2.75) is 57.2 Å². The number of hydrogen-bond donors (Lipinski definition) is 0. The summed E-state index contributed by atoms with van der Waals surface area (Å²) < 4.78 is 38.7. The molecule has 5 nitrogen and oxygen atoms in total. The molecule has 8 heteroatoms. The molecular weight excluding hydrogens is 515 g/mol. The van der Waals surface area contributed by atoms with E-state index in [0.717, 1.165) is 69.7 Å². The van der Waals surface area contributed by atoms with Crippen molar-refractivity contribution in [1.29, 1.82) is 0 Å². The van der Waals surface area contributed by atoms with Crippen molar-refractivity contribution in [3.63, 3.8) is 0 Å². The fourth-order valence-corrected chi connectivity index (χ4v) is 7.06. The third-order valence-corrected chi connectivity index (χ3v) is 9.74. The summed E-state index contributed by atoms with van der Waals surface area (Å²) in [5, 5.41) is 0. The number of nitrogens with zero attached hydrogens (tertiary/aromatic N) is 3. The van der Waals surface area contributed by atoms with E-state index in [2.05, 4.69) is 34.1 Å². The maximum atomic E-state index is 13.5. The number of piperidine rings is 1. The van der Waals surface area contributed by atoms with E-state index in [1.807, 2.05) is 11.0 Å². The molecule has 4 aliphatic rings. The first kappa shape index (κ1) is 27.3. The summed E-state index contributed by atoms with van der Waals surface area (Å²) >= 11 is 0. The van der Waals surface area contributed by atoms with E-state index in [0.29, 0.717) is 43.2 Å². The first-order chi connectivity index (χ1) is 19.2. The van der Waals surface area contributed by atoms with Gasteiger partial charge in [0.15, 0.2) is 0 Å². The van der Waals surface area contributed by atoms with Gasteiger partial charge in [0.1, 0.15) is 0 Å². The second-order valence-electron chi connectivity index (χ2n) is 12.5. The first-order valence-electron chi connectivity index (χ1n) is 14.7. The van der Waals surface area contributed by atoms with Gasteiger partial charge in [-0.15, -0.1) is 0 Å². The predicted molar refractivity (Wildman–Crippen MR) is 146 cm³/mol. The largest absolute Gasteiger partial charge is 0.416 e. The zero-order valence-corrected chi connectivity index (χ0v) is 22.9. The number of hydrogen-bond acceptors (Lipinski definition) is 3. The molecule has 2 unspecified atom stereocenters. The number of amides is 2. The minimum atomic E-state index is -4.36. The van der Waals surface area contributed by atoms with E-state index in [1.165, 1.54) is 30.5 Å². The van der Waals surface area contributed by atoms with Crippen molar-refractivity contribution in [3.8, 4) is 0 Å². The number of carbonyl (C=O) groups is 2. The average molecular weight is 554 g/mol. The fraction of sp³-hybridized carbons (Fsp3) is 0.562. The zero-order chi connectivity index (χ0) is 27.9. The van der Waals surface area contributed by atoms with Gasteiger partial charge in [-0.1, -0.05) is 42.5 Å². The van der Waals surface area contributed by atoms with Crippen LogP contribution in [-0.4, -0.2) is 65.8 Å². The van der Waals surface area contributed by atoms with Gasteiger partial charge in [0.25, 0.3) is 0 Å². The van der Waals surface area contributed by atoms with Crippen LogP contribution in [0.25, 0.3) is 0 Å². The summed E-state index contributed by atoms with van der Waals surface area (Å²) in [6.45, 7) is 5.22. The average Bonchev–Trinajstić information content (AvgIpc) is 3.59. The SMILES string of the molecule is O=C(CC1CC1)N1CC(CN2CCC3(CC2)CCN(Cc2ccc(C(F)(F)F)cc2)C3=O)C(c2ccccc2)C1. The molecule has 0 bridgehead atoms. The van der Waals surface area contributed by atoms with Crippen molar-refractivity contribution in [2.75, 3.05) is 39.3 Å². The van der Waals surface area contributed by atoms with Crippen LogP contribution < -0.4 is 0 Å². The predicted octanol–water partition coefficient (Wildman–Crippen LogP) is 5.56. The maximum Gasteiger partial charge on any atom is 0.416 e. The summed E-state index contributed by atoms with van der Waals surface area (Å²) in [5.41, 5.74) is 1.00. The minimum Gasteiger partial charge on any atom is -0.342 e. The Kier molecular flexibility index (Phi) is 7.40. The molecule has 1 saturated carbocycles. The molecule has 0 aromatic heterocycles. The van der Waals surface area contributed by atoms with E-state index in [4.69, 9.17) is 0 Å². The van der Waals surface area contributed by atoms with Crippen molar-refractivity contribution in [3.05, 3.63) is 71.3 Å². The Morgan fingerprint density at radius 1 is 0.900 bits per heavy atom. The molecule has 3 aliphatic heterocycles. The molecule has 1 spiro atoms. The Morgan fingerprint density at radius 3 is 2.23 bits per heavy atom. The molecule has 1 aliphatic carbocycles. The van der Waals surface area contributed by atoms with E-state index in [9.17, 15) is 22.8 Å². The quantitative estimate of drug-likeness (QED) is 0.451. The molecular formula is C32H38F3N3O2. The number of rotatable bonds is 7. The Morgan fingerprint density at radius 2 is 1.57 bits per heavy atom. The number of alkyl halides is 3. The number of halogens is 3. The molecule has 2 atom stereocenters. The van der Waals surface area contributed by atoms with Crippen LogP contribution in [0.4, 0.5) is 13.2 Å². The van der Waals surface area contributed by atoms with Crippen molar-refractivity contribution in [2.24, 2.45) is 17.3 Å². The number of likely N-dealkylation sites (tertiary alicyclic amines) is 3. The van der Waals surface area contributed by atoms with Crippen LogP contribution in [0.2, 0.25) is 0 Å². The molecule has 2 amide bonds. The Balaban J connectivity index is 1.06. The normalized spacial score (nSPS) is 25.2. The molecule has 3 saturated heterocycles. The highest BCUT2D eigenvalue weighted by molar-refractivity contribution is 5.85. The highest BCUT2D eigenvalue weighted by atomic mass is 19.4. The molecule has 0 radical (unpaired) electrons. The summed E-state index contributed by atoms with van der Waals surface area (Å²) in [7, 11) is 0. The van der Waals surface area contributed by atoms with Crippen LogP contribution in [0.15, 0.2) is 54.6 Å². The summed E-state index contributed by atoms with van der Waals surface area (Å²) in [6.07, 6.45) is 1.11. The van der Waals surface area contributed by atoms with Gasteiger partial charge in [-0.2, -0.15) is 13.2 Å². The maximum absolute atomic E-state index is 13.5. The minimum absolute atomic E-state index is 0.145. The lowest BCUT2D eigenvalue weighted by Gasteiger charge is -2.39. The van der Waals surface area contributed by atoms with Crippen molar-refractivity contribution >= 4 is 11.8 Å². The third kappa shape index (κ3) is 5.78. The summed E-state index contributed by atoms with van der Waals surface area (Å²) in [4.78, 5) is 32.8. The fourth-order valence-electron chi connectivity index (χ4n) is 7.06. The van der Waals surface area contributed by atoms with E-state index in [1.54, 1.807) is 0 Å². The zero-order valence-electron chi connectivity index (χ0n) is 22.9. The highest BCUT2D eigenvalue weighted by Crippen LogP contribution is 2.43. The van der Waals surface area contributed by atoms with E-state index < -0.39 is 11.7 Å². The second-order valence-corrected chi connectivity index (χ2v) is 12.5. The Hall–Kier alpha value is -2.87. The third-order valence-electron chi connectivity index (χ3n) is 9.74. The van der Waals surface area contributed by atoms with Crippen molar-refractivity contribution < 1.29 is 22.8 Å². The Bertz CT molecular complexity index is 1200. The van der Waals surface area contributed by atoms with Crippen LogP contribution in [0.1, 0.15) is 61.1 Å². The van der Waals surface area contributed by atoms with Gasteiger partial charge in [-0.05, 0) is 80.3 Å². The van der Waals surface area contributed by atoms with Gasteiger partial charge in [0, 0.05) is 45.1 Å². The van der Waals surface area contributed by atoms with E-state index >= 15 is 0 Å². The Labute approximate surface area is 234 Å². The van der Waals surface area contributed by atoms with Gasteiger partial charge < -0.3 is 14.7 Å². The monoisotopic (exact) mass is 553 g/mol. The smallest absolute Gasteiger partial charge is 0.342 e. The number of benzene rings is 2. The van der Waals surface area contributed by atoms with Crippen LogP contribution in [-0.2, 0) is 22.3 Å². The molecule has 214 valence electrons. The molecule has 4 fully saturated rings. The molecule has 0 N–H and O–H groups in total. The van der Waals surface area contributed by atoms with Crippen LogP contribution in [0.3, 0.4) is 0 Å². The van der Waals surface area contributed by atoms with E-state index in [-0.39, 0.29) is 11.3 Å². The molecule has 2 aromatic rings. The molecule has 6 rings (SSSR count). The van der Waals surface area contributed by atoms with Gasteiger partial charge in [-0.25, -0.2) is 0 Å². The van der Waals surface area contributed by atoms with Gasteiger partial charge in [0.05, 0.1) is 11.0 Å². The second kappa shape index (κ2) is 10.8. The molecule has 3 heterocycles. The van der Waals surface area contributed by atoms with Crippen LogP contribution in [0.5, 0.6) is 0 Å². The topological polar surface area (TPSA) is 43.9 Å². The highest BCUT2D eigenvalue weighted by Gasteiger charge is 2.48. The van der Waals surface area contributed by atoms with Crippen LogP contribution >= 0.6 is 0 Å². The number of carbonyl (C=O) groups excluding carboxylic acids is 2. The van der Waals surface area contributed by atoms with Gasteiger partial charge in [-0.3, -0.25) is 9.59 Å². The molecule has 2 aromatic carbocycles. The standard InChI is InChI=1S/C32H38F3N3O2/c33-32(34,35)27-10-8-24(9-11-27)19-37-17-14-31(30(37)40)12-15-36(16-13-31)20-26-21-38(29(39)18-23-6-7-23)22-28(26)25-4-2-1-3-5-25/h1-5,8-11,23,26,28H,6-7,12-22H2. The molecule has 40 heavy (non-hydrogen) atoms. The van der Waals surface area contributed by atoms with Gasteiger partial charge >= 0.3 is 6.18 Å². The summed E-state index contributed by atoms with van der Waals surface area (Å²) in [5.74, 6) is 1.73. The lowest BCUT2D eigenvalue weighted by Crippen LogP contribution is -2.46. The lowest BCUT2D eigenvalue weighted by molar-refractivity contribution is -0.139. The van der Waals surface area contributed by atoms with Crippen LogP contribution in [0, 0.1) is 17.3 Å².